The van der Waals surface area contributed by atoms with Crippen LogP contribution in [0.25, 0.3) is 22.8 Å². The minimum atomic E-state index is -0.466. The van der Waals surface area contributed by atoms with Crippen molar-refractivity contribution >= 4 is 18.1 Å². The number of carbonyl (C=O) groups excluding carboxylic acids is 2. The molecule has 2 atom stereocenters. The molecule has 0 radical (unpaired) electrons. The molecule has 0 spiro atoms. The second-order valence-corrected chi connectivity index (χ2v) is 17.8. The Morgan fingerprint density at radius 1 is 0.716 bits per heavy atom. The van der Waals surface area contributed by atoms with Crippen LogP contribution in [0.2, 0.25) is 0 Å². The zero-order valence-corrected chi connectivity index (χ0v) is 39.5. The van der Waals surface area contributed by atoms with Gasteiger partial charge in [-0.2, -0.15) is 5.06 Å². The summed E-state index contributed by atoms with van der Waals surface area (Å²) in [7, 11) is 0. The van der Waals surface area contributed by atoms with Gasteiger partial charge in [0, 0.05) is 54.9 Å². The number of aryl methyl sites for hydroxylation is 1. The summed E-state index contributed by atoms with van der Waals surface area (Å²) in [6.45, 7) is 16.0. The minimum absolute atomic E-state index is 0.0589. The number of ether oxygens (including phenoxy) is 2. The molecule has 0 aliphatic heterocycles. The number of unbranched alkanes of at least 4 members (excludes halogenated alkanes) is 3. The molecule has 2 aromatic carbocycles. The van der Waals surface area contributed by atoms with Crippen molar-refractivity contribution in [3.63, 3.8) is 0 Å². The van der Waals surface area contributed by atoms with Gasteiger partial charge in [0.2, 0.25) is 5.95 Å². The Bertz CT molecular complexity index is 2490. The zero-order chi connectivity index (χ0) is 47.8. The highest BCUT2D eigenvalue weighted by Gasteiger charge is 2.35. The lowest BCUT2D eigenvalue weighted by Crippen LogP contribution is -2.46. The van der Waals surface area contributed by atoms with E-state index in [1.807, 2.05) is 60.7 Å². The fourth-order valence-electron chi connectivity index (χ4n) is 7.28. The van der Waals surface area contributed by atoms with Gasteiger partial charge in [0.25, 0.3) is 5.56 Å². The van der Waals surface area contributed by atoms with Crippen LogP contribution in [0.3, 0.4) is 0 Å². The Hall–Kier alpha value is -6.97. The number of hydrogen-bond acceptors (Lipinski definition) is 11. The molecule has 6 rings (SSSR count). The standard InChI is InChI=1S/C52H63N9O6/c1-35(2)47(41-24-20-39(21-25-41)34-66-51(64)56-29-13-9-8-12-28-55-50(63)60-49-57-32-36(3)48(62)59-49)61(52(5,6)7)67-37(4)40-22-18-38(19-23-40)33-65-42-30-45(43-16-10-14-26-53-43)58-46(31-42)44-17-11-15-27-54-44/h10-11,14-27,30-32,35,37,47H,8-9,12-13,28-29,33-34H2,1-7H3,(H,56,64)(H3,55,57,59,60,62,63). The fourth-order valence-corrected chi connectivity index (χ4v) is 7.28. The SMILES string of the molecule is Cc1cnc(NC(=O)NCCCCCCNC(=O)OCc2ccc(C(C(C)C)N(OC(C)c3ccc(COc4cc(-c5ccccn5)nc(-c5ccccn5)c4)cc3)C(C)(C)C)cc2)[nH]c1=O. The number of rotatable bonds is 21. The predicted molar refractivity (Wildman–Crippen MR) is 260 cm³/mol. The van der Waals surface area contributed by atoms with Crippen molar-refractivity contribution in [2.75, 3.05) is 18.4 Å². The van der Waals surface area contributed by atoms with Crippen molar-refractivity contribution in [3.8, 4) is 28.5 Å². The molecule has 3 amide bonds. The maximum Gasteiger partial charge on any atom is 0.407 e. The molecule has 6 aromatic rings. The van der Waals surface area contributed by atoms with Gasteiger partial charge in [-0.25, -0.2) is 19.6 Å². The topological polar surface area (TPSA) is 186 Å². The van der Waals surface area contributed by atoms with Crippen molar-refractivity contribution in [2.45, 2.75) is 105 Å². The van der Waals surface area contributed by atoms with Gasteiger partial charge in [-0.1, -0.05) is 87.4 Å². The first-order valence-corrected chi connectivity index (χ1v) is 22.9. The first kappa shape index (κ1) is 49.5. The van der Waals surface area contributed by atoms with E-state index < -0.39 is 12.1 Å². The lowest BCUT2D eigenvalue weighted by molar-refractivity contribution is -0.272. The highest BCUT2D eigenvalue weighted by Crippen LogP contribution is 2.37. The third kappa shape index (κ3) is 15.0. The largest absolute Gasteiger partial charge is 0.489 e. The van der Waals surface area contributed by atoms with Crippen LogP contribution in [0.4, 0.5) is 15.5 Å². The quantitative estimate of drug-likeness (QED) is 0.0398. The molecule has 15 nitrogen and oxygen atoms in total. The monoisotopic (exact) mass is 909 g/mol. The minimum Gasteiger partial charge on any atom is -0.489 e. The predicted octanol–water partition coefficient (Wildman–Crippen LogP) is 10.3. The van der Waals surface area contributed by atoms with Crippen LogP contribution in [0.5, 0.6) is 5.75 Å². The van der Waals surface area contributed by atoms with Gasteiger partial charge in [0.1, 0.15) is 25.1 Å². The average Bonchev–Trinajstić information content (AvgIpc) is 3.32. The maximum atomic E-state index is 12.5. The number of urea groups is 1. The van der Waals surface area contributed by atoms with Gasteiger partial charge < -0.3 is 20.1 Å². The first-order valence-electron chi connectivity index (χ1n) is 22.9. The highest BCUT2D eigenvalue weighted by atomic mass is 16.7. The number of nitrogens with zero attached hydrogens (tertiary/aromatic N) is 5. The van der Waals surface area contributed by atoms with Crippen molar-refractivity contribution in [2.24, 2.45) is 5.92 Å². The molecular formula is C52H63N9O6. The third-order valence-electron chi connectivity index (χ3n) is 10.9. The molecule has 2 unspecified atom stereocenters. The second kappa shape index (κ2) is 24.0. The molecule has 0 aliphatic carbocycles. The number of aromatic amines is 1. The van der Waals surface area contributed by atoms with E-state index in [4.69, 9.17) is 19.3 Å². The number of carbonyl (C=O) groups is 2. The van der Waals surface area contributed by atoms with E-state index in [2.05, 4.69) is 119 Å². The molecule has 0 saturated carbocycles. The van der Waals surface area contributed by atoms with E-state index in [1.54, 1.807) is 19.3 Å². The Morgan fingerprint density at radius 2 is 1.30 bits per heavy atom. The molecule has 4 N–H and O–H groups in total. The zero-order valence-electron chi connectivity index (χ0n) is 39.5. The normalized spacial score (nSPS) is 12.4. The van der Waals surface area contributed by atoms with Crippen LogP contribution in [-0.4, -0.2) is 60.7 Å². The van der Waals surface area contributed by atoms with Crippen molar-refractivity contribution in [1.82, 2.24) is 40.6 Å². The van der Waals surface area contributed by atoms with Crippen LogP contribution < -0.4 is 26.2 Å². The van der Waals surface area contributed by atoms with E-state index in [-0.39, 0.29) is 41.7 Å². The summed E-state index contributed by atoms with van der Waals surface area (Å²) in [5.74, 6) is 0.990. The summed E-state index contributed by atoms with van der Waals surface area (Å²) in [6, 6.07) is 31.3. The number of pyridine rings is 3. The molecule has 4 heterocycles. The Kier molecular flexibility index (Phi) is 17.7. The fraction of sp³-hybridized carbons (Fsp3) is 0.365. The summed E-state index contributed by atoms with van der Waals surface area (Å²) < 4.78 is 11.9. The summed E-state index contributed by atoms with van der Waals surface area (Å²) in [4.78, 5) is 63.4. The lowest BCUT2D eigenvalue weighted by Gasteiger charge is -2.44. The van der Waals surface area contributed by atoms with E-state index >= 15 is 0 Å². The van der Waals surface area contributed by atoms with Crippen molar-refractivity contribution in [1.29, 1.82) is 0 Å². The number of nitrogens with one attached hydrogen (secondary N) is 4. The molecule has 4 aromatic heterocycles. The smallest absolute Gasteiger partial charge is 0.407 e. The van der Waals surface area contributed by atoms with Gasteiger partial charge in [0.05, 0.1) is 28.8 Å². The molecule has 15 heteroatoms. The number of aromatic nitrogens is 5. The maximum absolute atomic E-state index is 12.5. The summed E-state index contributed by atoms with van der Waals surface area (Å²) in [5.41, 5.74) is 6.80. The Labute approximate surface area is 393 Å². The Balaban J connectivity index is 0.955. The van der Waals surface area contributed by atoms with E-state index in [9.17, 15) is 14.4 Å². The first-order chi connectivity index (χ1) is 32.2. The van der Waals surface area contributed by atoms with E-state index in [0.717, 1.165) is 59.3 Å². The number of H-pyrrole nitrogens is 1. The molecule has 0 saturated heterocycles. The molecular weight excluding hydrogens is 847 g/mol. The second-order valence-electron chi connectivity index (χ2n) is 17.8. The van der Waals surface area contributed by atoms with Gasteiger partial charge in [-0.05, 0) is 99.9 Å². The van der Waals surface area contributed by atoms with Crippen LogP contribution >= 0.6 is 0 Å². The van der Waals surface area contributed by atoms with Crippen molar-refractivity contribution < 1.29 is 23.9 Å². The van der Waals surface area contributed by atoms with Crippen LogP contribution in [0, 0.1) is 12.8 Å². The molecule has 0 aliphatic rings. The summed E-state index contributed by atoms with van der Waals surface area (Å²) in [5, 5.41) is 10.2. The lowest BCUT2D eigenvalue weighted by atomic mass is 9.92. The van der Waals surface area contributed by atoms with E-state index in [0.29, 0.717) is 42.4 Å². The van der Waals surface area contributed by atoms with Gasteiger partial charge >= 0.3 is 12.1 Å². The number of alkyl carbamates (subject to hydrolysis) is 1. The van der Waals surface area contributed by atoms with Crippen LogP contribution in [-0.2, 0) is 22.8 Å². The van der Waals surface area contributed by atoms with Gasteiger partial charge in [0.15, 0.2) is 0 Å². The van der Waals surface area contributed by atoms with Gasteiger partial charge in [-0.3, -0.25) is 29.9 Å². The summed E-state index contributed by atoms with van der Waals surface area (Å²) >= 11 is 0. The van der Waals surface area contributed by atoms with E-state index in [1.165, 1.54) is 6.20 Å². The average molecular weight is 910 g/mol. The molecule has 0 bridgehead atoms. The molecule has 352 valence electrons. The van der Waals surface area contributed by atoms with Crippen LogP contribution in [0.15, 0.2) is 120 Å². The Morgan fingerprint density at radius 3 is 1.85 bits per heavy atom. The highest BCUT2D eigenvalue weighted by molar-refractivity contribution is 5.87. The summed E-state index contributed by atoms with van der Waals surface area (Å²) in [6.07, 6.45) is 7.50. The number of anilines is 1. The number of benzene rings is 2. The third-order valence-corrected chi connectivity index (χ3v) is 10.9. The van der Waals surface area contributed by atoms with Gasteiger partial charge in [-0.15, -0.1) is 0 Å². The number of amides is 3. The molecule has 0 fully saturated rings. The number of hydrogen-bond donors (Lipinski definition) is 4. The van der Waals surface area contributed by atoms with Crippen molar-refractivity contribution in [3.05, 3.63) is 154 Å². The van der Waals surface area contributed by atoms with Crippen LogP contribution in [0.1, 0.15) is 107 Å². The number of hydroxylamine groups is 2. The molecule has 67 heavy (non-hydrogen) atoms.